The van der Waals surface area contributed by atoms with Crippen molar-refractivity contribution in [2.45, 2.75) is 19.3 Å². The molecule has 1 nitrogen and oxygen atoms in total. The van der Waals surface area contributed by atoms with Gasteiger partial charge in [0.2, 0.25) is 0 Å². The summed E-state index contributed by atoms with van der Waals surface area (Å²) in [4.78, 5) is 0. The molecule has 0 bridgehead atoms. The third kappa shape index (κ3) is 2.65. The summed E-state index contributed by atoms with van der Waals surface area (Å²) in [6, 6.07) is 42.8. The van der Waals surface area contributed by atoms with Crippen molar-refractivity contribution in [3.05, 3.63) is 126 Å². The summed E-state index contributed by atoms with van der Waals surface area (Å²) in [7, 11) is 0. The van der Waals surface area contributed by atoms with Crippen LogP contribution in [-0.4, -0.2) is 4.57 Å². The number of fused-ring (bicyclic) bond motifs is 13. The van der Waals surface area contributed by atoms with Gasteiger partial charge in [-0.1, -0.05) is 105 Å². The Morgan fingerprint density at radius 2 is 1.26 bits per heavy atom. The van der Waals surface area contributed by atoms with E-state index >= 15 is 0 Å². The topological polar surface area (TPSA) is 4.93 Å². The van der Waals surface area contributed by atoms with Gasteiger partial charge in [0.05, 0.1) is 11.0 Å². The Balaban J connectivity index is 1.53. The molecule has 0 saturated heterocycles. The predicted octanol–water partition coefficient (Wildman–Crippen LogP) is 10.6. The fraction of sp³-hybridized carbons (Fsp3) is 0.0811. The molecule has 0 atom stereocenters. The Bertz CT molecular complexity index is 2310. The molecule has 39 heavy (non-hydrogen) atoms. The van der Waals surface area contributed by atoms with E-state index in [-0.39, 0.29) is 5.41 Å². The maximum atomic E-state index is 2.54. The van der Waals surface area contributed by atoms with E-state index in [1.54, 1.807) is 0 Å². The van der Waals surface area contributed by atoms with Gasteiger partial charge in [-0.25, -0.2) is 0 Å². The van der Waals surface area contributed by atoms with Gasteiger partial charge in [0.15, 0.2) is 0 Å². The lowest BCUT2D eigenvalue weighted by Crippen LogP contribution is -2.15. The highest BCUT2D eigenvalue weighted by Gasteiger charge is 2.39. The van der Waals surface area contributed by atoms with Crippen molar-refractivity contribution in [3.63, 3.8) is 0 Å². The average Bonchev–Trinajstić information content (AvgIpc) is 3.59. The van der Waals surface area contributed by atoms with Crippen LogP contribution < -0.4 is 0 Å². The van der Waals surface area contributed by atoms with Crippen molar-refractivity contribution >= 4 is 64.1 Å². The molecule has 2 heteroatoms. The molecule has 0 unspecified atom stereocenters. The Kier molecular flexibility index (Phi) is 4.07. The third-order valence-electron chi connectivity index (χ3n) is 8.94. The summed E-state index contributed by atoms with van der Waals surface area (Å²) < 4.78 is 5.21. The van der Waals surface area contributed by atoms with Gasteiger partial charge < -0.3 is 4.57 Å². The van der Waals surface area contributed by atoms with Crippen LogP contribution >= 0.6 is 11.3 Å². The second kappa shape index (κ2) is 7.37. The SMILES string of the molecule is CC1(C)c2ccccc2-c2c1c1ccccc1c1c3ccccc3n(-c3ccc4c(c3)sc3ccccc34)c21. The summed E-state index contributed by atoms with van der Waals surface area (Å²) in [6.45, 7) is 4.79. The van der Waals surface area contributed by atoms with Crippen LogP contribution in [0.25, 0.3) is 69.6 Å². The van der Waals surface area contributed by atoms with Gasteiger partial charge in [-0.15, -0.1) is 11.3 Å². The number of aromatic nitrogens is 1. The lowest BCUT2D eigenvalue weighted by Gasteiger charge is -2.24. The first-order chi connectivity index (χ1) is 19.1. The number of benzene rings is 6. The molecule has 0 aliphatic heterocycles. The van der Waals surface area contributed by atoms with Crippen molar-refractivity contribution < 1.29 is 0 Å². The predicted molar refractivity (Wildman–Crippen MR) is 169 cm³/mol. The first-order valence-corrected chi connectivity index (χ1v) is 14.4. The van der Waals surface area contributed by atoms with Gasteiger partial charge in [-0.05, 0) is 51.7 Å². The molecule has 2 heterocycles. The van der Waals surface area contributed by atoms with Gasteiger partial charge in [-0.3, -0.25) is 0 Å². The summed E-state index contributed by atoms with van der Waals surface area (Å²) in [5, 5.41) is 8.04. The summed E-state index contributed by atoms with van der Waals surface area (Å²) in [6.07, 6.45) is 0. The van der Waals surface area contributed by atoms with E-state index in [2.05, 4.69) is 134 Å². The van der Waals surface area contributed by atoms with Crippen LogP contribution in [0.5, 0.6) is 0 Å². The quantitative estimate of drug-likeness (QED) is 0.205. The second-order valence-corrected chi connectivity index (χ2v) is 12.4. The molecule has 8 aromatic rings. The maximum absolute atomic E-state index is 2.54. The molecule has 9 rings (SSSR count). The van der Waals surface area contributed by atoms with Crippen molar-refractivity contribution in [1.82, 2.24) is 4.57 Å². The van der Waals surface area contributed by atoms with Gasteiger partial charge in [-0.2, -0.15) is 0 Å². The lowest BCUT2D eigenvalue weighted by atomic mass is 9.79. The molecular formula is C37H25NS. The largest absolute Gasteiger partial charge is 0.309 e. The number of rotatable bonds is 1. The molecule has 0 N–H and O–H groups in total. The van der Waals surface area contributed by atoms with E-state index in [1.165, 1.54) is 80.7 Å². The average molecular weight is 516 g/mol. The minimum absolute atomic E-state index is 0.0869. The van der Waals surface area contributed by atoms with E-state index in [1.807, 2.05) is 11.3 Å². The molecule has 184 valence electrons. The number of hydrogen-bond acceptors (Lipinski definition) is 1. The third-order valence-corrected chi connectivity index (χ3v) is 10.1. The molecule has 0 spiro atoms. The number of hydrogen-bond donors (Lipinski definition) is 0. The zero-order valence-electron chi connectivity index (χ0n) is 21.8. The van der Waals surface area contributed by atoms with Crippen LogP contribution in [0, 0.1) is 0 Å². The molecular weight excluding hydrogens is 490 g/mol. The zero-order valence-corrected chi connectivity index (χ0v) is 22.6. The van der Waals surface area contributed by atoms with E-state index in [0.717, 1.165) is 0 Å². The van der Waals surface area contributed by atoms with Crippen LogP contribution in [0.3, 0.4) is 0 Å². The lowest BCUT2D eigenvalue weighted by molar-refractivity contribution is 0.666. The standard InChI is InChI=1S/C37H25NS/c1-37(2)29-16-8-5-14-27(29)34-35(37)26-13-4-3-12-25(26)33-28-15-6-9-17-30(28)38(36(33)34)22-19-20-24-23-11-7-10-18-31(23)39-32(24)21-22/h3-21H,1-2H3. The van der Waals surface area contributed by atoms with Crippen LogP contribution in [0.15, 0.2) is 115 Å². The van der Waals surface area contributed by atoms with Gasteiger partial charge >= 0.3 is 0 Å². The summed E-state index contributed by atoms with van der Waals surface area (Å²) in [5.74, 6) is 0. The van der Waals surface area contributed by atoms with Crippen molar-refractivity contribution in [3.8, 4) is 16.8 Å². The fourth-order valence-corrected chi connectivity index (χ4v) is 8.47. The van der Waals surface area contributed by atoms with E-state index in [9.17, 15) is 0 Å². The fourth-order valence-electron chi connectivity index (χ4n) is 7.34. The molecule has 0 saturated carbocycles. The Hall–Kier alpha value is -4.40. The Morgan fingerprint density at radius 3 is 2.13 bits per heavy atom. The monoisotopic (exact) mass is 515 g/mol. The maximum Gasteiger partial charge on any atom is 0.0629 e. The Labute approximate surface area is 230 Å². The molecule has 6 aromatic carbocycles. The number of nitrogens with zero attached hydrogens (tertiary/aromatic N) is 1. The first kappa shape index (κ1) is 21.5. The highest BCUT2D eigenvalue weighted by atomic mass is 32.1. The minimum Gasteiger partial charge on any atom is -0.309 e. The van der Waals surface area contributed by atoms with E-state index < -0.39 is 0 Å². The van der Waals surface area contributed by atoms with E-state index in [0.29, 0.717) is 0 Å². The van der Waals surface area contributed by atoms with Crippen molar-refractivity contribution in [2.75, 3.05) is 0 Å². The second-order valence-electron chi connectivity index (χ2n) is 11.3. The molecule has 0 fully saturated rings. The number of para-hydroxylation sites is 1. The molecule has 1 aliphatic carbocycles. The van der Waals surface area contributed by atoms with Crippen molar-refractivity contribution in [1.29, 1.82) is 0 Å². The highest BCUT2D eigenvalue weighted by Crippen LogP contribution is 2.56. The van der Waals surface area contributed by atoms with Crippen LogP contribution in [0.4, 0.5) is 0 Å². The van der Waals surface area contributed by atoms with E-state index in [4.69, 9.17) is 0 Å². The van der Waals surface area contributed by atoms with Crippen molar-refractivity contribution in [2.24, 2.45) is 0 Å². The first-order valence-electron chi connectivity index (χ1n) is 13.6. The molecule has 0 radical (unpaired) electrons. The summed E-state index contributed by atoms with van der Waals surface area (Å²) >= 11 is 1.89. The zero-order chi connectivity index (χ0) is 25.9. The molecule has 2 aromatic heterocycles. The number of thiophene rings is 1. The molecule has 1 aliphatic rings. The van der Waals surface area contributed by atoms with Crippen LogP contribution in [0.2, 0.25) is 0 Å². The van der Waals surface area contributed by atoms with Gasteiger partial charge in [0, 0.05) is 47.6 Å². The van der Waals surface area contributed by atoms with Gasteiger partial charge in [0.25, 0.3) is 0 Å². The van der Waals surface area contributed by atoms with Crippen LogP contribution in [0.1, 0.15) is 25.0 Å². The molecule has 0 amide bonds. The van der Waals surface area contributed by atoms with Crippen LogP contribution in [-0.2, 0) is 5.41 Å². The normalized spacial score (nSPS) is 14.1. The highest BCUT2D eigenvalue weighted by molar-refractivity contribution is 7.25. The Morgan fingerprint density at radius 1 is 0.590 bits per heavy atom. The summed E-state index contributed by atoms with van der Waals surface area (Å²) in [5.41, 5.74) is 9.32. The minimum atomic E-state index is -0.0869. The smallest absolute Gasteiger partial charge is 0.0629 e. The van der Waals surface area contributed by atoms with Gasteiger partial charge in [0.1, 0.15) is 0 Å².